The van der Waals surface area contributed by atoms with Crippen molar-refractivity contribution in [3.8, 4) is 0 Å². The van der Waals surface area contributed by atoms with Gasteiger partial charge in [-0.1, -0.05) is 41.9 Å². The molecule has 0 atom stereocenters. The highest BCUT2D eigenvalue weighted by atomic mass is 35.5. The number of hydrogen-bond acceptors (Lipinski definition) is 2. The first kappa shape index (κ1) is 14.2. The second kappa shape index (κ2) is 6.78. The van der Waals surface area contributed by atoms with E-state index in [0.717, 1.165) is 11.1 Å². The lowest BCUT2D eigenvalue weighted by Crippen LogP contribution is -2.20. The van der Waals surface area contributed by atoms with Gasteiger partial charge in [0.15, 0.2) is 0 Å². The van der Waals surface area contributed by atoms with Crippen LogP contribution in [0.1, 0.15) is 11.1 Å². The van der Waals surface area contributed by atoms with Gasteiger partial charge in [0.2, 0.25) is 5.91 Å². The molecule has 0 heterocycles. The summed E-state index contributed by atoms with van der Waals surface area (Å²) in [5.41, 5.74) is 8.11. The highest BCUT2D eigenvalue weighted by molar-refractivity contribution is 6.31. The van der Waals surface area contributed by atoms with Crippen molar-refractivity contribution in [1.29, 1.82) is 0 Å². The molecular weight excluding hydrogens is 272 g/mol. The van der Waals surface area contributed by atoms with E-state index < -0.39 is 0 Å². The standard InChI is InChI=1S/C16H15ClN2O/c17-15-4-2-1-3-13(15)11-19-16(20)10-7-12-5-8-14(18)9-6-12/h1-10H,11,18H2,(H,19,20)/b10-7+. The van der Waals surface area contributed by atoms with Crippen molar-refractivity contribution in [2.75, 3.05) is 5.73 Å². The average Bonchev–Trinajstić information content (AvgIpc) is 2.46. The number of nitrogens with one attached hydrogen (secondary N) is 1. The predicted octanol–water partition coefficient (Wildman–Crippen LogP) is 3.25. The molecule has 0 bridgehead atoms. The summed E-state index contributed by atoms with van der Waals surface area (Å²) < 4.78 is 0. The molecule has 20 heavy (non-hydrogen) atoms. The molecular formula is C16H15ClN2O. The fourth-order valence-electron chi connectivity index (χ4n) is 1.66. The summed E-state index contributed by atoms with van der Waals surface area (Å²) in [7, 11) is 0. The molecule has 0 aliphatic carbocycles. The minimum Gasteiger partial charge on any atom is -0.399 e. The zero-order valence-corrected chi connectivity index (χ0v) is 11.6. The third kappa shape index (κ3) is 4.14. The molecule has 0 aromatic heterocycles. The molecule has 3 N–H and O–H groups in total. The summed E-state index contributed by atoms with van der Waals surface area (Å²) >= 11 is 6.01. The zero-order valence-electron chi connectivity index (χ0n) is 10.8. The highest BCUT2D eigenvalue weighted by Gasteiger charge is 2.00. The lowest BCUT2D eigenvalue weighted by Gasteiger charge is -2.04. The topological polar surface area (TPSA) is 55.1 Å². The predicted molar refractivity (Wildman–Crippen MR) is 83.2 cm³/mol. The molecule has 2 aromatic carbocycles. The Hall–Kier alpha value is -2.26. The first-order chi connectivity index (χ1) is 9.65. The van der Waals surface area contributed by atoms with Crippen LogP contribution in [0.5, 0.6) is 0 Å². The Bertz CT molecular complexity index is 621. The Kier molecular flexibility index (Phi) is 4.80. The van der Waals surface area contributed by atoms with Gasteiger partial charge in [0.1, 0.15) is 0 Å². The molecule has 0 saturated heterocycles. The van der Waals surface area contributed by atoms with Gasteiger partial charge in [0.25, 0.3) is 0 Å². The van der Waals surface area contributed by atoms with Gasteiger partial charge in [0, 0.05) is 23.3 Å². The molecule has 0 spiro atoms. The second-order valence-corrected chi connectivity index (χ2v) is 4.72. The molecule has 0 unspecified atom stereocenters. The number of hydrogen-bond donors (Lipinski definition) is 2. The van der Waals surface area contributed by atoms with Crippen LogP contribution in [-0.4, -0.2) is 5.91 Å². The number of nitrogen functional groups attached to an aromatic ring is 1. The van der Waals surface area contributed by atoms with E-state index in [9.17, 15) is 4.79 Å². The molecule has 0 aliphatic heterocycles. The van der Waals surface area contributed by atoms with Gasteiger partial charge >= 0.3 is 0 Å². The van der Waals surface area contributed by atoms with Gasteiger partial charge in [0.05, 0.1) is 0 Å². The monoisotopic (exact) mass is 286 g/mol. The average molecular weight is 287 g/mol. The van der Waals surface area contributed by atoms with Crippen LogP contribution >= 0.6 is 11.6 Å². The molecule has 1 amide bonds. The van der Waals surface area contributed by atoms with Gasteiger partial charge in [-0.05, 0) is 35.4 Å². The Labute approximate surface area is 123 Å². The van der Waals surface area contributed by atoms with Crippen LogP contribution < -0.4 is 11.1 Å². The van der Waals surface area contributed by atoms with Crippen molar-refractivity contribution in [3.63, 3.8) is 0 Å². The lowest BCUT2D eigenvalue weighted by atomic mass is 10.2. The summed E-state index contributed by atoms with van der Waals surface area (Å²) in [5, 5.41) is 3.43. The van der Waals surface area contributed by atoms with Gasteiger partial charge < -0.3 is 11.1 Å². The number of carbonyl (C=O) groups excluding carboxylic acids is 1. The second-order valence-electron chi connectivity index (χ2n) is 4.31. The SMILES string of the molecule is Nc1ccc(/C=C/C(=O)NCc2ccccc2Cl)cc1. The van der Waals surface area contributed by atoms with E-state index in [1.165, 1.54) is 6.08 Å². The first-order valence-electron chi connectivity index (χ1n) is 6.20. The van der Waals surface area contributed by atoms with Crippen LogP contribution in [0.15, 0.2) is 54.6 Å². The number of anilines is 1. The van der Waals surface area contributed by atoms with Crippen molar-refractivity contribution < 1.29 is 4.79 Å². The van der Waals surface area contributed by atoms with Crippen LogP contribution in [-0.2, 0) is 11.3 Å². The molecule has 0 fully saturated rings. The van der Waals surface area contributed by atoms with Crippen LogP contribution in [0.2, 0.25) is 5.02 Å². The van der Waals surface area contributed by atoms with E-state index in [4.69, 9.17) is 17.3 Å². The fourth-order valence-corrected chi connectivity index (χ4v) is 1.86. The van der Waals surface area contributed by atoms with E-state index in [1.807, 2.05) is 30.3 Å². The molecule has 0 aliphatic rings. The van der Waals surface area contributed by atoms with Gasteiger partial charge in [-0.3, -0.25) is 4.79 Å². The minimum absolute atomic E-state index is 0.165. The zero-order chi connectivity index (χ0) is 14.4. The van der Waals surface area contributed by atoms with Crippen molar-refractivity contribution in [3.05, 3.63) is 70.8 Å². The van der Waals surface area contributed by atoms with Crippen molar-refractivity contribution in [2.24, 2.45) is 0 Å². The molecule has 2 aromatic rings. The number of amides is 1. The Balaban J connectivity index is 1.90. The van der Waals surface area contributed by atoms with E-state index in [2.05, 4.69) is 5.32 Å². The third-order valence-electron chi connectivity index (χ3n) is 2.77. The normalized spacial score (nSPS) is 10.7. The Morgan fingerprint density at radius 3 is 2.55 bits per heavy atom. The number of rotatable bonds is 4. The van der Waals surface area contributed by atoms with Gasteiger partial charge in [-0.2, -0.15) is 0 Å². The maximum atomic E-state index is 11.7. The molecule has 3 nitrogen and oxygen atoms in total. The summed E-state index contributed by atoms with van der Waals surface area (Å²) in [4.78, 5) is 11.7. The number of benzene rings is 2. The lowest BCUT2D eigenvalue weighted by molar-refractivity contribution is -0.116. The maximum Gasteiger partial charge on any atom is 0.244 e. The molecule has 0 saturated carbocycles. The Morgan fingerprint density at radius 2 is 1.85 bits per heavy atom. The van der Waals surface area contributed by atoms with Crippen molar-refractivity contribution in [1.82, 2.24) is 5.32 Å². The van der Waals surface area contributed by atoms with Crippen molar-refractivity contribution in [2.45, 2.75) is 6.54 Å². The number of halogens is 1. The highest BCUT2D eigenvalue weighted by Crippen LogP contribution is 2.14. The summed E-state index contributed by atoms with van der Waals surface area (Å²) in [6.07, 6.45) is 3.23. The molecule has 4 heteroatoms. The number of carbonyl (C=O) groups is 1. The minimum atomic E-state index is -0.165. The largest absolute Gasteiger partial charge is 0.399 e. The Morgan fingerprint density at radius 1 is 1.15 bits per heavy atom. The molecule has 0 radical (unpaired) electrons. The fraction of sp³-hybridized carbons (Fsp3) is 0.0625. The van der Waals surface area contributed by atoms with Crippen LogP contribution in [0.3, 0.4) is 0 Å². The van der Waals surface area contributed by atoms with Crippen LogP contribution in [0, 0.1) is 0 Å². The van der Waals surface area contributed by atoms with E-state index >= 15 is 0 Å². The molecule has 102 valence electrons. The third-order valence-corrected chi connectivity index (χ3v) is 3.14. The summed E-state index contributed by atoms with van der Waals surface area (Å²) in [6, 6.07) is 14.7. The smallest absolute Gasteiger partial charge is 0.244 e. The maximum absolute atomic E-state index is 11.7. The van der Waals surface area contributed by atoms with E-state index in [0.29, 0.717) is 17.3 Å². The van der Waals surface area contributed by atoms with E-state index in [-0.39, 0.29) is 5.91 Å². The summed E-state index contributed by atoms with van der Waals surface area (Å²) in [6.45, 7) is 0.407. The quantitative estimate of drug-likeness (QED) is 0.669. The van der Waals surface area contributed by atoms with E-state index in [1.54, 1.807) is 24.3 Å². The van der Waals surface area contributed by atoms with Gasteiger partial charge in [-0.25, -0.2) is 0 Å². The molecule has 2 rings (SSSR count). The van der Waals surface area contributed by atoms with Gasteiger partial charge in [-0.15, -0.1) is 0 Å². The van der Waals surface area contributed by atoms with Crippen molar-refractivity contribution >= 4 is 29.3 Å². The summed E-state index contributed by atoms with van der Waals surface area (Å²) in [5.74, 6) is -0.165. The van der Waals surface area contributed by atoms with Crippen LogP contribution in [0.4, 0.5) is 5.69 Å². The van der Waals surface area contributed by atoms with Crippen LogP contribution in [0.25, 0.3) is 6.08 Å². The first-order valence-corrected chi connectivity index (χ1v) is 6.58. The number of nitrogens with two attached hydrogens (primary N) is 1.